The number of hydrogen-bond acceptors (Lipinski definition) is 7. The van der Waals surface area contributed by atoms with E-state index < -0.39 is 17.0 Å². The van der Waals surface area contributed by atoms with Crippen LogP contribution in [-0.4, -0.2) is 81.8 Å². The predicted octanol–water partition coefficient (Wildman–Crippen LogP) is 2.71. The van der Waals surface area contributed by atoms with Gasteiger partial charge in [-0.3, -0.25) is 9.97 Å². The number of ether oxygens (including phenoxy) is 4. The number of nitrogens with zero attached hydrogens (tertiary/aromatic N) is 2. The molecule has 8 nitrogen and oxygen atoms in total. The molecule has 1 atom stereocenters. The summed E-state index contributed by atoms with van der Waals surface area (Å²) in [4.78, 5) is 12.0. The molecule has 2 aromatic heterocycles. The van der Waals surface area contributed by atoms with Gasteiger partial charge in [0.25, 0.3) is 0 Å². The van der Waals surface area contributed by atoms with Gasteiger partial charge in [-0.1, -0.05) is 6.07 Å². The Morgan fingerprint density at radius 3 is 2.69 bits per heavy atom. The Labute approximate surface area is 212 Å². The number of aromatic amines is 1. The van der Waals surface area contributed by atoms with Crippen molar-refractivity contribution >= 4 is 51.8 Å². The molecule has 0 aliphatic carbocycles. The molecule has 3 heterocycles. The molecule has 1 aromatic carbocycles. The van der Waals surface area contributed by atoms with Crippen LogP contribution in [0.15, 0.2) is 35.6 Å². The Balaban J connectivity index is 0.00000289. The van der Waals surface area contributed by atoms with Crippen LogP contribution in [0, 0.1) is 12.8 Å². The molecule has 0 spiro atoms. The third-order valence-corrected chi connectivity index (χ3v) is 6.38. The fourth-order valence-corrected chi connectivity index (χ4v) is 4.43. The first-order valence-corrected chi connectivity index (χ1v) is 11.4. The Morgan fingerprint density at radius 2 is 1.97 bits per heavy atom. The van der Waals surface area contributed by atoms with Gasteiger partial charge in [-0.25, -0.2) is 0 Å². The third-order valence-electron chi connectivity index (χ3n) is 5.22. The van der Waals surface area contributed by atoms with E-state index in [1.165, 1.54) is 0 Å². The number of hydrogen-bond donors (Lipinski definition) is 1. The van der Waals surface area contributed by atoms with Crippen LogP contribution in [0.25, 0.3) is 11.0 Å². The average molecular weight is 470 g/mol. The topological polar surface area (TPSA) is 102 Å². The molecular formula is C22H28N3NaO5S. The fourth-order valence-electron chi connectivity index (χ4n) is 3.34. The average Bonchev–Trinajstić information content (AvgIpc) is 3.20. The van der Waals surface area contributed by atoms with Crippen LogP contribution in [0.2, 0.25) is 0 Å². The van der Waals surface area contributed by atoms with Crippen LogP contribution in [0.5, 0.6) is 11.5 Å². The van der Waals surface area contributed by atoms with Crippen LogP contribution < -0.4 is 9.47 Å². The van der Waals surface area contributed by atoms with Crippen molar-refractivity contribution in [1.82, 2.24) is 15.0 Å². The quantitative estimate of drug-likeness (QED) is 0.419. The molecule has 0 bridgehead atoms. The summed E-state index contributed by atoms with van der Waals surface area (Å²) in [5, 5.41) is 0.395. The Kier molecular flexibility index (Phi) is 8.48. The molecule has 10 heteroatoms. The van der Waals surface area contributed by atoms with Crippen LogP contribution in [0.1, 0.15) is 25.1 Å². The van der Waals surface area contributed by atoms with Crippen molar-refractivity contribution in [2.45, 2.75) is 37.5 Å². The first-order chi connectivity index (χ1) is 14.9. The number of para-hydroxylation sites is 1. The van der Waals surface area contributed by atoms with Crippen LogP contribution in [-0.2, 0) is 26.4 Å². The second-order valence-electron chi connectivity index (χ2n) is 7.97. The number of aromatic nitrogens is 3. The summed E-state index contributed by atoms with van der Waals surface area (Å²) in [5.41, 5.74) is 3.02. The number of benzene rings is 1. The zero-order valence-electron chi connectivity index (χ0n) is 18.1. The summed E-state index contributed by atoms with van der Waals surface area (Å²) in [6.45, 7) is 7.39. The van der Waals surface area contributed by atoms with Crippen molar-refractivity contribution in [3.8, 4) is 11.5 Å². The zero-order chi connectivity index (χ0) is 22.0. The SMILES string of the molecule is COc1cccc2[nH]c([S+]([O-])Cc3nccc(OCC4COC(C)(C)OC4)c3C)nc12.[NaH]. The maximum atomic E-state index is 13.0. The van der Waals surface area contributed by atoms with Crippen LogP contribution >= 0.6 is 0 Å². The number of imidazole rings is 1. The molecule has 1 aliphatic heterocycles. The minimum absolute atomic E-state index is 0. The van der Waals surface area contributed by atoms with Gasteiger partial charge in [0.15, 0.2) is 11.5 Å². The minimum atomic E-state index is -1.39. The van der Waals surface area contributed by atoms with Gasteiger partial charge in [-0.05, 0) is 39.0 Å². The van der Waals surface area contributed by atoms with E-state index >= 15 is 0 Å². The van der Waals surface area contributed by atoms with Gasteiger partial charge in [-0.2, -0.15) is 4.98 Å². The number of pyridine rings is 1. The van der Waals surface area contributed by atoms with Gasteiger partial charge in [0, 0.05) is 28.9 Å². The van der Waals surface area contributed by atoms with Gasteiger partial charge >= 0.3 is 34.7 Å². The monoisotopic (exact) mass is 469 g/mol. The van der Waals surface area contributed by atoms with E-state index in [0.29, 0.717) is 41.9 Å². The van der Waals surface area contributed by atoms with E-state index in [0.717, 1.165) is 16.8 Å². The number of methoxy groups -OCH3 is 1. The van der Waals surface area contributed by atoms with Crippen molar-refractivity contribution < 1.29 is 23.5 Å². The molecule has 0 radical (unpaired) electrons. The van der Waals surface area contributed by atoms with Crippen LogP contribution in [0.3, 0.4) is 0 Å². The summed E-state index contributed by atoms with van der Waals surface area (Å²) < 4.78 is 35.7. The van der Waals surface area contributed by atoms with E-state index in [1.807, 2.05) is 45.0 Å². The predicted molar refractivity (Wildman–Crippen MR) is 124 cm³/mol. The van der Waals surface area contributed by atoms with E-state index in [4.69, 9.17) is 18.9 Å². The molecule has 4 rings (SSSR count). The number of fused-ring (bicyclic) bond motifs is 1. The normalized spacial score (nSPS) is 17.0. The molecule has 1 saturated heterocycles. The molecule has 1 unspecified atom stereocenters. The standard InChI is InChI=1S/C22H27N3O5S.Na.H/c1-14-17(13-31(26)21-24-16-6-5-7-19(27-4)20(16)25-21)23-9-8-18(14)28-10-15-11-29-22(2,3)30-12-15;;/h5-9,15H,10-13H2,1-4H3,(H,24,25);;. The first-order valence-electron chi connectivity index (χ1n) is 10.1. The van der Waals surface area contributed by atoms with Gasteiger partial charge in [0.05, 0.1) is 38.1 Å². The second-order valence-corrected chi connectivity index (χ2v) is 9.33. The molecule has 1 fully saturated rings. The number of rotatable bonds is 7. The second kappa shape index (κ2) is 10.7. The van der Waals surface area contributed by atoms with Crippen molar-refractivity contribution in [1.29, 1.82) is 0 Å². The summed E-state index contributed by atoms with van der Waals surface area (Å²) in [6.07, 6.45) is 1.67. The summed E-state index contributed by atoms with van der Waals surface area (Å²) in [6, 6.07) is 7.39. The van der Waals surface area contributed by atoms with Gasteiger partial charge in [-0.15, -0.1) is 0 Å². The molecule has 168 valence electrons. The van der Waals surface area contributed by atoms with E-state index in [2.05, 4.69) is 15.0 Å². The summed E-state index contributed by atoms with van der Waals surface area (Å²) in [7, 11) is 1.59. The Bertz CT molecular complexity index is 1050. The number of nitrogens with one attached hydrogen (secondary N) is 1. The van der Waals surface area contributed by atoms with E-state index in [1.54, 1.807) is 13.3 Å². The van der Waals surface area contributed by atoms with Gasteiger partial charge < -0.3 is 23.5 Å². The van der Waals surface area contributed by atoms with E-state index in [9.17, 15) is 4.55 Å². The zero-order valence-corrected chi connectivity index (χ0v) is 19.0. The Morgan fingerprint density at radius 1 is 1.22 bits per heavy atom. The van der Waals surface area contributed by atoms with Crippen molar-refractivity contribution in [2.24, 2.45) is 5.92 Å². The first kappa shape index (κ1) is 25.3. The van der Waals surface area contributed by atoms with Gasteiger partial charge in [0.1, 0.15) is 17.0 Å². The third kappa shape index (κ3) is 5.77. The molecule has 1 aliphatic rings. The molecule has 1 N–H and O–H groups in total. The molecule has 3 aromatic rings. The summed E-state index contributed by atoms with van der Waals surface area (Å²) >= 11 is -1.39. The van der Waals surface area contributed by atoms with Crippen molar-refractivity contribution in [2.75, 3.05) is 26.9 Å². The fraction of sp³-hybridized carbons (Fsp3) is 0.455. The molecule has 0 saturated carbocycles. The molecule has 0 amide bonds. The van der Waals surface area contributed by atoms with Crippen molar-refractivity contribution in [3.63, 3.8) is 0 Å². The number of H-pyrrole nitrogens is 1. The Hall–Kier alpha value is -1.33. The molecular weight excluding hydrogens is 441 g/mol. The summed E-state index contributed by atoms with van der Waals surface area (Å²) in [5.74, 6) is 1.21. The van der Waals surface area contributed by atoms with E-state index in [-0.39, 0.29) is 41.2 Å². The van der Waals surface area contributed by atoms with Crippen molar-refractivity contribution in [3.05, 3.63) is 41.7 Å². The van der Waals surface area contributed by atoms with Gasteiger partial charge in [0.2, 0.25) is 0 Å². The molecule has 32 heavy (non-hydrogen) atoms. The maximum absolute atomic E-state index is 13.0. The van der Waals surface area contributed by atoms with Crippen LogP contribution in [0.4, 0.5) is 0 Å².